The van der Waals surface area contributed by atoms with E-state index < -0.39 is 0 Å². The van der Waals surface area contributed by atoms with Crippen LogP contribution in [0.25, 0.3) is 0 Å². The second-order valence-electron chi connectivity index (χ2n) is 5.51. The molecule has 0 unspecified atom stereocenters. The molecule has 1 saturated heterocycles. The lowest BCUT2D eigenvalue weighted by Gasteiger charge is -2.26. The molecule has 0 aliphatic carbocycles. The zero-order valence-electron chi connectivity index (χ0n) is 12.9. The number of ether oxygens (including phenoxy) is 1. The molecule has 5 heteroatoms. The molecule has 1 amide bonds. The van der Waals surface area contributed by atoms with Gasteiger partial charge >= 0.3 is 6.09 Å². The van der Waals surface area contributed by atoms with Crippen LogP contribution in [0.5, 0.6) is 0 Å². The smallest absolute Gasteiger partial charge is 0.424 e. The topological polar surface area (TPSA) is 54.7 Å². The van der Waals surface area contributed by atoms with E-state index in [9.17, 15) is 4.79 Å². The van der Waals surface area contributed by atoms with E-state index in [2.05, 4.69) is 24.1 Å². The molecule has 1 aromatic carbocycles. The fourth-order valence-electron chi connectivity index (χ4n) is 2.71. The lowest BCUT2D eigenvalue weighted by atomic mass is 10.1. The Morgan fingerprint density at radius 1 is 1.30 bits per heavy atom. The summed E-state index contributed by atoms with van der Waals surface area (Å²) in [5.74, 6) is 0.767. The Morgan fingerprint density at radius 3 is 2.83 bits per heavy atom. The first kappa shape index (κ1) is 15.4. The minimum atomic E-state index is -0.355. The normalized spacial score (nSPS) is 18.7. The Balaban J connectivity index is 1.72. The molecule has 0 saturated carbocycles. The van der Waals surface area contributed by atoms with Gasteiger partial charge in [-0.2, -0.15) is 0 Å². The molecule has 1 aliphatic heterocycles. The first-order valence-corrected chi connectivity index (χ1v) is 7.68. The third-order valence-corrected chi connectivity index (χ3v) is 3.86. The van der Waals surface area contributed by atoms with Crippen molar-refractivity contribution in [3.05, 3.63) is 72.7 Å². The molecule has 1 fully saturated rings. The van der Waals surface area contributed by atoms with Gasteiger partial charge in [-0.15, -0.1) is 6.58 Å². The zero-order valence-corrected chi connectivity index (χ0v) is 12.9. The fourth-order valence-corrected chi connectivity index (χ4v) is 2.71. The maximum atomic E-state index is 12.1. The summed E-state index contributed by atoms with van der Waals surface area (Å²) in [6, 6.07) is 13.6. The van der Waals surface area contributed by atoms with Gasteiger partial charge in [0, 0.05) is 0 Å². The number of benzene rings is 1. The van der Waals surface area contributed by atoms with Crippen LogP contribution >= 0.6 is 0 Å². The average molecular weight is 312 g/mol. The first-order valence-electron chi connectivity index (χ1n) is 7.68. The number of carbonyl (C=O) groups is 1. The molecular formula is C18H20N2O3. The number of hydrogen-bond donors (Lipinski definition) is 1. The molecule has 2 atom stereocenters. The molecule has 23 heavy (non-hydrogen) atoms. The summed E-state index contributed by atoms with van der Waals surface area (Å²) < 4.78 is 10.7. The summed E-state index contributed by atoms with van der Waals surface area (Å²) >= 11 is 0. The van der Waals surface area contributed by atoms with Crippen molar-refractivity contribution >= 4 is 6.09 Å². The van der Waals surface area contributed by atoms with Gasteiger partial charge in [-0.05, 0) is 30.5 Å². The molecule has 2 aromatic rings. The highest BCUT2D eigenvalue weighted by Crippen LogP contribution is 2.22. The van der Waals surface area contributed by atoms with Crippen LogP contribution in [-0.4, -0.2) is 23.8 Å². The number of furan rings is 1. The van der Waals surface area contributed by atoms with E-state index in [4.69, 9.17) is 9.15 Å². The maximum absolute atomic E-state index is 12.1. The second-order valence-corrected chi connectivity index (χ2v) is 5.51. The van der Waals surface area contributed by atoms with E-state index in [1.54, 1.807) is 17.3 Å². The van der Waals surface area contributed by atoms with Crippen molar-refractivity contribution in [3.63, 3.8) is 0 Å². The van der Waals surface area contributed by atoms with Crippen LogP contribution in [0.3, 0.4) is 0 Å². The SMILES string of the molecule is C=CC[C@H](NN1C(=O)OC[C@@H]1Cc1ccccc1)c1ccco1. The molecule has 0 radical (unpaired) electrons. The third-order valence-electron chi connectivity index (χ3n) is 3.86. The summed E-state index contributed by atoms with van der Waals surface area (Å²) in [6.45, 7) is 4.15. The lowest BCUT2D eigenvalue weighted by Crippen LogP contribution is -2.47. The summed E-state index contributed by atoms with van der Waals surface area (Å²) in [5.41, 5.74) is 4.40. The quantitative estimate of drug-likeness (QED) is 0.795. The van der Waals surface area contributed by atoms with Gasteiger partial charge in [0.2, 0.25) is 0 Å². The Morgan fingerprint density at radius 2 is 2.13 bits per heavy atom. The van der Waals surface area contributed by atoms with Crippen LogP contribution in [0.15, 0.2) is 65.8 Å². The predicted octanol–water partition coefficient (Wildman–Crippen LogP) is 3.46. The van der Waals surface area contributed by atoms with Gasteiger partial charge in [-0.25, -0.2) is 15.2 Å². The molecule has 1 N–H and O–H groups in total. The van der Waals surface area contributed by atoms with Crippen LogP contribution in [0.4, 0.5) is 4.79 Å². The monoisotopic (exact) mass is 312 g/mol. The number of hydrogen-bond acceptors (Lipinski definition) is 4. The fraction of sp³-hybridized carbons (Fsp3) is 0.278. The van der Waals surface area contributed by atoms with Crippen LogP contribution in [0.1, 0.15) is 23.8 Å². The molecule has 120 valence electrons. The molecule has 1 aliphatic rings. The highest BCUT2D eigenvalue weighted by Gasteiger charge is 2.35. The predicted molar refractivity (Wildman–Crippen MR) is 86.5 cm³/mol. The van der Waals surface area contributed by atoms with Crippen molar-refractivity contribution in [2.75, 3.05) is 6.61 Å². The van der Waals surface area contributed by atoms with Crippen molar-refractivity contribution in [3.8, 4) is 0 Å². The third kappa shape index (κ3) is 3.63. The molecule has 5 nitrogen and oxygen atoms in total. The second kappa shape index (κ2) is 7.15. The molecule has 0 bridgehead atoms. The van der Waals surface area contributed by atoms with Crippen molar-refractivity contribution in [2.45, 2.75) is 24.9 Å². The zero-order chi connectivity index (χ0) is 16.1. The Bertz CT molecular complexity index is 640. The highest BCUT2D eigenvalue weighted by molar-refractivity contribution is 5.69. The summed E-state index contributed by atoms with van der Waals surface area (Å²) in [7, 11) is 0. The molecular weight excluding hydrogens is 292 g/mol. The number of nitrogens with zero attached hydrogens (tertiary/aromatic N) is 1. The first-order chi connectivity index (χ1) is 11.3. The van der Waals surface area contributed by atoms with Gasteiger partial charge in [0.15, 0.2) is 0 Å². The Kier molecular flexibility index (Phi) is 4.78. The average Bonchev–Trinajstić information content (AvgIpc) is 3.20. The summed E-state index contributed by atoms with van der Waals surface area (Å²) in [4.78, 5) is 12.1. The Labute approximate surface area is 135 Å². The lowest BCUT2D eigenvalue weighted by molar-refractivity contribution is 0.127. The maximum Gasteiger partial charge on any atom is 0.424 e. The van der Waals surface area contributed by atoms with Crippen molar-refractivity contribution in [2.24, 2.45) is 0 Å². The van der Waals surface area contributed by atoms with Gasteiger partial charge in [-0.3, -0.25) is 0 Å². The minimum absolute atomic E-state index is 0.0489. The standard InChI is InChI=1S/C18H20N2O3/c1-2-7-16(17-10-6-11-22-17)19-20-15(13-23-18(20)21)12-14-8-4-3-5-9-14/h2-6,8-11,15-16,19H,1,7,12-13H2/t15-,16-/m0/s1. The number of nitrogens with one attached hydrogen (secondary N) is 1. The van der Waals surface area contributed by atoms with Crippen LogP contribution in [-0.2, 0) is 11.2 Å². The number of hydrazine groups is 1. The van der Waals surface area contributed by atoms with Crippen LogP contribution in [0.2, 0.25) is 0 Å². The summed E-state index contributed by atoms with van der Waals surface area (Å²) in [5, 5.41) is 1.57. The van der Waals surface area contributed by atoms with Crippen LogP contribution in [0, 0.1) is 0 Å². The van der Waals surface area contributed by atoms with Gasteiger partial charge < -0.3 is 9.15 Å². The van der Waals surface area contributed by atoms with Crippen molar-refractivity contribution < 1.29 is 13.9 Å². The van der Waals surface area contributed by atoms with E-state index in [0.717, 1.165) is 12.2 Å². The van der Waals surface area contributed by atoms with Gasteiger partial charge in [0.1, 0.15) is 12.4 Å². The van der Waals surface area contributed by atoms with E-state index in [-0.39, 0.29) is 18.2 Å². The number of amides is 1. The van der Waals surface area contributed by atoms with E-state index in [1.807, 2.05) is 30.3 Å². The number of cyclic esters (lactones) is 1. The van der Waals surface area contributed by atoms with E-state index in [0.29, 0.717) is 13.0 Å². The van der Waals surface area contributed by atoms with Crippen LogP contribution < -0.4 is 5.43 Å². The van der Waals surface area contributed by atoms with E-state index >= 15 is 0 Å². The molecule has 1 aromatic heterocycles. The molecule has 0 spiro atoms. The van der Waals surface area contributed by atoms with Crippen molar-refractivity contribution in [1.82, 2.24) is 10.4 Å². The summed E-state index contributed by atoms with van der Waals surface area (Å²) in [6.07, 6.45) is 4.45. The molecule has 3 rings (SSSR count). The number of rotatable bonds is 7. The number of carbonyl (C=O) groups excluding carboxylic acids is 1. The van der Waals surface area contributed by atoms with E-state index in [1.165, 1.54) is 5.56 Å². The molecule has 2 heterocycles. The van der Waals surface area contributed by atoms with Gasteiger partial charge in [-0.1, -0.05) is 36.4 Å². The Hall–Kier alpha value is -2.53. The highest BCUT2D eigenvalue weighted by atomic mass is 16.6. The van der Waals surface area contributed by atoms with Gasteiger partial charge in [0.25, 0.3) is 0 Å². The largest absolute Gasteiger partial charge is 0.468 e. The van der Waals surface area contributed by atoms with Crippen molar-refractivity contribution in [1.29, 1.82) is 0 Å². The minimum Gasteiger partial charge on any atom is -0.468 e. The van der Waals surface area contributed by atoms with Gasteiger partial charge in [0.05, 0.1) is 18.3 Å².